The second kappa shape index (κ2) is 12.2. The first-order chi connectivity index (χ1) is 19.1. The lowest BCUT2D eigenvalue weighted by molar-refractivity contribution is 0.0966. The number of amides is 2. The maximum absolute atomic E-state index is 13.1. The lowest BCUT2D eigenvalue weighted by Crippen LogP contribution is -2.31. The molecule has 0 aliphatic carbocycles. The first-order valence-electron chi connectivity index (χ1n) is 13.6. The Bertz CT molecular complexity index is 1330. The van der Waals surface area contributed by atoms with Crippen molar-refractivity contribution in [2.45, 2.75) is 32.2 Å². The number of carbonyl (C=O) groups excluding carboxylic acids is 2. The third-order valence-electron chi connectivity index (χ3n) is 7.48. The van der Waals surface area contributed by atoms with E-state index in [2.05, 4.69) is 20.9 Å². The van der Waals surface area contributed by atoms with Crippen molar-refractivity contribution < 1.29 is 19.1 Å². The van der Waals surface area contributed by atoms with Gasteiger partial charge in [-0.2, -0.15) is 0 Å². The van der Waals surface area contributed by atoms with Crippen LogP contribution in [-0.4, -0.2) is 57.1 Å². The van der Waals surface area contributed by atoms with Crippen molar-refractivity contribution in [3.8, 4) is 22.6 Å². The van der Waals surface area contributed by atoms with Gasteiger partial charge in [0.2, 0.25) is 0 Å². The quantitative estimate of drug-likeness (QED) is 0.315. The fourth-order valence-electron chi connectivity index (χ4n) is 5.46. The summed E-state index contributed by atoms with van der Waals surface area (Å²) >= 11 is 0. The Morgan fingerprint density at radius 2 is 1.74 bits per heavy atom. The van der Waals surface area contributed by atoms with Gasteiger partial charge >= 0.3 is 0 Å². The van der Waals surface area contributed by atoms with Crippen LogP contribution in [-0.2, 0) is 6.54 Å². The van der Waals surface area contributed by atoms with Crippen molar-refractivity contribution in [2.24, 2.45) is 0 Å². The second-order valence-corrected chi connectivity index (χ2v) is 9.95. The maximum Gasteiger partial charge on any atom is 0.255 e. The van der Waals surface area contributed by atoms with Gasteiger partial charge in [-0.3, -0.25) is 9.59 Å². The minimum Gasteiger partial charge on any atom is -0.493 e. The van der Waals surface area contributed by atoms with Gasteiger partial charge in [0.25, 0.3) is 11.8 Å². The van der Waals surface area contributed by atoms with E-state index in [0.29, 0.717) is 34.9 Å². The fraction of sp³-hybridized carbons (Fsp3) is 0.355. The molecule has 1 fully saturated rings. The molecule has 2 aliphatic rings. The van der Waals surface area contributed by atoms with Gasteiger partial charge < -0.3 is 30.3 Å². The number of para-hydroxylation sites is 1. The summed E-state index contributed by atoms with van der Waals surface area (Å²) in [4.78, 5) is 28.4. The monoisotopic (exact) mass is 528 g/mol. The van der Waals surface area contributed by atoms with E-state index in [1.807, 2.05) is 36.4 Å². The average molecular weight is 529 g/mol. The third-order valence-corrected chi connectivity index (χ3v) is 7.48. The standard InChI is InChI=1S/C31H36N4O4/c1-38-27-9-6-8-24(29(27)39-2)23-14-15-26(28-25(23)20-33-31(28)37)34-30(36)21-10-12-22(13-11-21)32-16-7-19-35-17-4-3-5-18-35/h6,8-15,32H,3-5,7,16-20H2,1-2H3,(H,33,37)(H,34,36). The van der Waals surface area contributed by atoms with Crippen LogP contribution in [0, 0.1) is 0 Å². The molecule has 0 bridgehead atoms. The highest BCUT2D eigenvalue weighted by Crippen LogP contribution is 2.42. The summed E-state index contributed by atoms with van der Waals surface area (Å²) < 4.78 is 11.1. The lowest BCUT2D eigenvalue weighted by Gasteiger charge is -2.26. The van der Waals surface area contributed by atoms with E-state index in [0.717, 1.165) is 41.9 Å². The average Bonchev–Trinajstić information content (AvgIpc) is 3.37. The van der Waals surface area contributed by atoms with E-state index in [4.69, 9.17) is 9.47 Å². The zero-order chi connectivity index (χ0) is 27.2. The molecule has 1 saturated heterocycles. The van der Waals surface area contributed by atoms with Gasteiger partial charge in [-0.1, -0.05) is 24.6 Å². The normalized spacial score (nSPS) is 14.9. The predicted molar refractivity (Wildman–Crippen MR) is 154 cm³/mol. The van der Waals surface area contributed by atoms with Crippen LogP contribution in [0.1, 0.15) is 52.0 Å². The molecule has 3 aromatic rings. The third kappa shape index (κ3) is 5.86. The number of piperidine rings is 1. The van der Waals surface area contributed by atoms with Crippen LogP contribution in [0.15, 0.2) is 54.6 Å². The molecule has 8 heteroatoms. The molecule has 3 aromatic carbocycles. The highest BCUT2D eigenvalue weighted by molar-refractivity contribution is 6.11. The SMILES string of the molecule is COc1cccc(-c2ccc(NC(=O)c3ccc(NCCCN4CCCCC4)cc3)c3c2CNC3=O)c1OC. The molecule has 204 valence electrons. The molecule has 2 amide bonds. The summed E-state index contributed by atoms with van der Waals surface area (Å²) in [5, 5.41) is 9.29. The van der Waals surface area contributed by atoms with Crippen LogP contribution in [0.2, 0.25) is 0 Å². The van der Waals surface area contributed by atoms with Crippen molar-refractivity contribution >= 4 is 23.2 Å². The summed E-state index contributed by atoms with van der Waals surface area (Å²) in [5.41, 5.74) is 4.96. The number of fused-ring (bicyclic) bond motifs is 1. The van der Waals surface area contributed by atoms with Crippen molar-refractivity contribution in [2.75, 3.05) is 51.0 Å². The molecule has 39 heavy (non-hydrogen) atoms. The van der Waals surface area contributed by atoms with Crippen molar-refractivity contribution in [1.82, 2.24) is 10.2 Å². The molecule has 0 saturated carbocycles. The van der Waals surface area contributed by atoms with Gasteiger partial charge in [-0.15, -0.1) is 0 Å². The molecule has 3 N–H and O–H groups in total. The van der Waals surface area contributed by atoms with E-state index in [1.54, 1.807) is 32.4 Å². The minimum absolute atomic E-state index is 0.215. The van der Waals surface area contributed by atoms with E-state index in [1.165, 1.54) is 32.4 Å². The first kappa shape index (κ1) is 26.6. The van der Waals surface area contributed by atoms with Gasteiger partial charge in [-0.05, 0) is 86.4 Å². The van der Waals surface area contributed by atoms with Crippen molar-refractivity contribution in [3.63, 3.8) is 0 Å². The van der Waals surface area contributed by atoms with Gasteiger partial charge in [-0.25, -0.2) is 0 Å². The van der Waals surface area contributed by atoms with Crippen molar-refractivity contribution in [1.29, 1.82) is 0 Å². The largest absolute Gasteiger partial charge is 0.493 e. The Kier molecular flexibility index (Phi) is 8.32. The summed E-state index contributed by atoms with van der Waals surface area (Å²) in [6, 6.07) is 16.8. The van der Waals surface area contributed by atoms with Gasteiger partial charge in [0.15, 0.2) is 11.5 Å². The van der Waals surface area contributed by atoms with Gasteiger partial charge in [0, 0.05) is 29.9 Å². The molecule has 0 radical (unpaired) electrons. The van der Waals surface area contributed by atoms with Crippen molar-refractivity contribution in [3.05, 3.63) is 71.3 Å². The van der Waals surface area contributed by atoms with Crippen LogP contribution in [0.4, 0.5) is 11.4 Å². The number of methoxy groups -OCH3 is 2. The Labute approximate surface area is 229 Å². The molecule has 0 aromatic heterocycles. The molecule has 0 atom stereocenters. The number of nitrogens with zero attached hydrogens (tertiary/aromatic N) is 1. The number of likely N-dealkylation sites (tertiary alicyclic amines) is 1. The second-order valence-electron chi connectivity index (χ2n) is 9.95. The summed E-state index contributed by atoms with van der Waals surface area (Å²) in [6.07, 6.45) is 5.07. The summed E-state index contributed by atoms with van der Waals surface area (Å²) in [7, 11) is 3.19. The minimum atomic E-state index is -0.264. The number of rotatable bonds is 10. The molecular formula is C31H36N4O4. The van der Waals surface area contributed by atoms with Crippen LogP contribution >= 0.6 is 0 Å². The molecule has 2 aliphatic heterocycles. The number of ether oxygens (including phenoxy) is 2. The molecule has 5 rings (SSSR count). The molecule has 8 nitrogen and oxygen atoms in total. The summed E-state index contributed by atoms with van der Waals surface area (Å²) in [6.45, 7) is 4.81. The van der Waals surface area contributed by atoms with Gasteiger partial charge in [0.1, 0.15) is 0 Å². The van der Waals surface area contributed by atoms with Crippen LogP contribution in [0.25, 0.3) is 11.1 Å². The number of nitrogens with one attached hydrogen (secondary N) is 3. The molecular weight excluding hydrogens is 492 g/mol. The van der Waals surface area contributed by atoms with Gasteiger partial charge in [0.05, 0.1) is 25.5 Å². The topological polar surface area (TPSA) is 91.9 Å². The smallest absolute Gasteiger partial charge is 0.255 e. The Morgan fingerprint density at radius 1 is 0.949 bits per heavy atom. The van der Waals surface area contributed by atoms with E-state index in [-0.39, 0.29) is 11.8 Å². The number of hydrogen-bond acceptors (Lipinski definition) is 6. The highest BCUT2D eigenvalue weighted by Gasteiger charge is 2.28. The summed E-state index contributed by atoms with van der Waals surface area (Å²) in [5.74, 6) is 0.727. The van der Waals surface area contributed by atoms with Crippen LogP contribution in [0.3, 0.4) is 0 Å². The number of carbonyl (C=O) groups is 2. The molecule has 0 spiro atoms. The number of hydrogen-bond donors (Lipinski definition) is 3. The van der Waals surface area contributed by atoms with E-state index < -0.39 is 0 Å². The van der Waals surface area contributed by atoms with E-state index >= 15 is 0 Å². The Balaban J connectivity index is 1.27. The highest BCUT2D eigenvalue weighted by atomic mass is 16.5. The zero-order valence-electron chi connectivity index (χ0n) is 22.6. The zero-order valence-corrected chi connectivity index (χ0v) is 22.6. The number of anilines is 2. The Morgan fingerprint density at radius 3 is 2.49 bits per heavy atom. The number of benzene rings is 3. The fourth-order valence-corrected chi connectivity index (χ4v) is 5.46. The van der Waals surface area contributed by atoms with Crippen LogP contribution < -0.4 is 25.4 Å². The maximum atomic E-state index is 13.1. The van der Waals surface area contributed by atoms with E-state index in [9.17, 15) is 9.59 Å². The first-order valence-corrected chi connectivity index (χ1v) is 13.6. The lowest BCUT2D eigenvalue weighted by atomic mass is 9.94. The van der Waals surface area contributed by atoms with Crippen LogP contribution in [0.5, 0.6) is 11.5 Å². The molecule has 2 heterocycles. The predicted octanol–water partition coefficient (Wildman–Crippen LogP) is 5.15. The molecule has 0 unspecified atom stereocenters. The Hall–Kier alpha value is -4.04.